The quantitative estimate of drug-likeness (QED) is 0.158. The Morgan fingerprint density at radius 1 is 0.474 bits per heavy atom. The number of pyridine rings is 2. The molecule has 0 saturated heterocycles. The predicted octanol–water partition coefficient (Wildman–Crippen LogP) is 9.37. The zero-order chi connectivity index (χ0) is 25.6. The molecule has 0 bridgehead atoms. The third kappa shape index (κ3) is 3.43. The Hall–Kier alpha value is -4.47. The maximum atomic E-state index is 14.6. The topological polar surface area (TPSA) is 21.5 Å². The van der Waals surface area contributed by atoms with Gasteiger partial charge in [0.2, 0.25) is 0 Å². The van der Waals surface area contributed by atoms with Gasteiger partial charge in [-0.2, -0.15) is 0 Å². The first-order chi connectivity index (χ1) is 18.7. The monoisotopic (exact) mass is 551 g/mol. The van der Waals surface area contributed by atoms with E-state index in [0.29, 0.717) is 5.39 Å². The Balaban J connectivity index is 1.87. The molecular weight excluding hydrogens is 530 g/mol. The van der Waals surface area contributed by atoms with E-state index in [1.54, 1.807) is 0 Å². The highest BCUT2D eigenvalue weighted by molar-refractivity contribution is 9.10. The second kappa shape index (κ2) is 9.13. The zero-order valence-corrected chi connectivity index (χ0v) is 22.0. The standard InChI is InChI=1S/C35H22BrNO/c36-29-22-12-21-28-32(29)31(24-15-6-2-7-16-24)34-27-20-11-10-19-26(27)30(23-13-4-1-5-14-23)33(37(34)35(28)38)25-17-8-3-9-18-25/h1-22H. The zero-order valence-electron chi connectivity index (χ0n) is 20.4. The average molecular weight is 552 g/mol. The highest BCUT2D eigenvalue weighted by atomic mass is 79.9. The van der Waals surface area contributed by atoms with Gasteiger partial charge in [-0.05, 0) is 34.2 Å². The van der Waals surface area contributed by atoms with Gasteiger partial charge in [0, 0.05) is 31.8 Å². The fourth-order valence-corrected chi connectivity index (χ4v) is 6.24. The largest absolute Gasteiger partial charge is 0.274 e. The summed E-state index contributed by atoms with van der Waals surface area (Å²) in [7, 11) is 0. The summed E-state index contributed by atoms with van der Waals surface area (Å²) in [5, 5.41) is 3.77. The van der Waals surface area contributed by atoms with E-state index < -0.39 is 0 Å². The van der Waals surface area contributed by atoms with Gasteiger partial charge in [-0.25, -0.2) is 0 Å². The summed E-state index contributed by atoms with van der Waals surface area (Å²) in [5.74, 6) is 0. The smallest absolute Gasteiger partial charge is 0.263 e. The van der Waals surface area contributed by atoms with Gasteiger partial charge in [0.05, 0.1) is 11.2 Å². The highest BCUT2D eigenvalue weighted by Crippen LogP contribution is 2.44. The van der Waals surface area contributed by atoms with Crippen molar-refractivity contribution in [2.24, 2.45) is 0 Å². The van der Waals surface area contributed by atoms with Gasteiger partial charge < -0.3 is 0 Å². The molecule has 0 atom stereocenters. The normalized spacial score (nSPS) is 11.4. The summed E-state index contributed by atoms with van der Waals surface area (Å²) >= 11 is 3.80. The molecule has 0 aliphatic rings. The molecule has 3 heteroatoms. The lowest BCUT2D eigenvalue weighted by Crippen LogP contribution is -2.18. The van der Waals surface area contributed by atoms with Gasteiger partial charge in [0.25, 0.3) is 5.56 Å². The van der Waals surface area contributed by atoms with E-state index in [4.69, 9.17) is 0 Å². The maximum absolute atomic E-state index is 14.6. The van der Waals surface area contributed by atoms with Crippen molar-refractivity contribution in [3.63, 3.8) is 0 Å². The molecular formula is C35H22BrNO. The number of benzene rings is 5. The molecule has 0 saturated carbocycles. The molecule has 0 N–H and O–H groups in total. The number of nitrogens with zero attached hydrogens (tertiary/aromatic N) is 1. The molecule has 0 spiro atoms. The maximum Gasteiger partial charge on any atom is 0.263 e. The van der Waals surface area contributed by atoms with Crippen LogP contribution in [0.4, 0.5) is 0 Å². The minimum absolute atomic E-state index is 0.0298. The van der Waals surface area contributed by atoms with E-state index in [0.717, 1.165) is 59.7 Å². The van der Waals surface area contributed by atoms with Crippen LogP contribution in [-0.4, -0.2) is 4.40 Å². The van der Waals surface area contributed by atoms with Crippen LogP contribution in [0, 0.1) is 0 Å². The lowest BCUT2D eigenvalue weighted by molar-refractivity contribution is 1.14. The van der Waals surface area contributed by atoms with Crippen molar-refractivity contribution in [3.05, 3.63) is 148 Å². The second-order valence-corrected chi connectivity index (χ2v) is 10.2. The molecule has 0 aliphatic carbocycles. The summed E-state index contributed by atoms with van der Waals surface area (Å²) in [4.78, 5) is 14.6. The van der Waals surface area contributed by atoms with E-state index in [2.05, 4.69) is 101 Å². The van der Waals surface area contributed by atoms with Crippen molar-refractivity contribution in [3.8, 4) is 33.5 Å². The van der Waals surface area contributed by atoms with Gasteiger partial charge >= 0.3 is 0 Å². The molecule has 5 aromatic carbocycles. The minimum Gasteiger partial charge on any atom is -0.274 e. The third-order valence-electron chi connectivity index (χ3n) is 7.24. The van der Waals surface area contributed by atoms with Gasteiger partial charge in [-0.3, -0.25) is 9.20 Å². The van der Waals surface area contributed by atoms with Crippen molar-refractivity contribution in [2.45, 2.75) is 0 Å². The molecule has 0 fully saturated rings. The molecule has 0 unspecified atom stereocenters. The molecule has 0 amide bonds. The lowest BCUT2D eigenvalue weighted by Gasteiger charge is -2.23. The summed E-state index contributed by atoms with van der Waals surface area (Å²) in [6.45, 7) is 0. The highest BCUT2D eigenvalue weighted by Gasteiger charge is 2.24. The first-order valence-corrected chi connectivity index (χ1v) is 13.4. The molecule has 7 rings (SSSR count). The van der Waals surface area contributed by atoms with Crippen LogP contribution in [0.15, 0.2) is 143 Å². The van der Waals surface area contributed by atoms with E-state index in [1.807, 2.05) is 52.9 Å². The fraction of sp³-hybridized carbons (Fsp3) is 0. The first-order valence-electron chi connectivity index (χ1n) is 12.6. The molecule has 2 heterocycles. The van der Waals surface area contributed by atoms with Gasteiger partial charge in [-0.15, -0.1) is 0 Å². The number of hydrogen-bond acceptors (Lipinski definition) is 1. The number of rotatable bonds is 3. The van der Waals surface area contributed by atoms with Crippen LogP contribution in [0.1, 0.15) is 0 Å². The third-order valence-corrected chi connectivity index (χ3v) is 7.90. The van der Waals surface area contributed by atoms with Crippen molar-refractivity contribution in [2.75, 3.05) is 0 Å². The SMILES string of the molecule is O=c1c2cccc(Br)c2c(-c2ccccc2)c2c3ccccc3c(-c3ccccc3)c(-c3ccccc3)n12. The second-order valence-electron chi connectivity index (χ2n) is 9.39. The van der Waals surface area contributed by atoms with Crippen molar-refractivity contribution < 1.29 is 0 Å². The van der Waals surface area contributed by atoms with Crippen LogP contribution in [-0.2, 0) is 0 Å². The summed E-state index contributed by atoms with van der Waals surface area (Å²) < 4.78 is 2.86. The number of fused-ring (bicyclic) bond motifs is 4. The van der Waals surface area contributed by atoms with E-state index in [1.165, 1.54) is 0 Å². The summed E-state index contributed by atoms with van der Waals surface area (Å²) in [6.07, 6.45) is 0. The Kier molecular flexibility index (Phi) is 5.45. The Morgan fingerprint density at radius 2 is 0.974 bits per heavy atom. The Bertz CT molecular complexity index is 2030. The Morgan fingerprint density at radius 3 is 1.61 bits per heavy atom. The van der Waals surface area contributed by atoms with Crippen molar-refractivity contribution >= 4 is 43.0 Å². The number of hydrogen-bond donors (Lipinski definition) is 0. The molecule has 0 aliphatic heterocycles. The average Bonchev–Trinajstić information content (AvgIpc) is 2.98. The van der Waals surface area contributed by atoms with Crippen LogP contribution in [0.25, 0.3) is 60.6 Å². The van der Waals surface area contributed by atoms with E-state index in [9.17, 15) is 4.79 Å². The fourth-order valence-electron chi connectivity index (χ4n) is 5.68. The molecule has 2 nitrogen and oxygen atoms in total. The van der Waals surface area contributed by atoms with Crippen molar-refractivity contribution in [1.29, 1.82) is 0 Å². The molecule has 38 heavy (non-hydrogen) atoms. The molecule has 0 radical (unpaired) electrons. The number of aromatic nitrogens is 1. The van der Waals surface area contributed by atoms with Crippen LogP contribution in [0.3, 0.4) is 0 Å². The van der Waals surface area contributed by atoms with Gasteiger partial charge in [0.15, 0.2) is 0 Å². The molecule has 7 aromatic rings. The molecule has 180 valence electrons. The van der Waals surface area contributed by atoms with Crippen LogP contribution in [0.2, 0.25) is 0 Å². The van der Waals surface area contributed by atoms with Crippen LogP contribution >= 0.6 is 15.9 Å². The number of halogens is 1. The first kappa shape index (κ1) is 22.7. The van der Waals surface area contributed by atoms with Gasteiger partial charge in [0.1, 0.15) is 0 Å². The van der Waals surface area contributed by atoms with Crippen LogP contribution in [0.5, 0.6) is 0 Å². The predicted molar refractivity (Wildman–Crippen MR) is 163 cm³/mol. The van der Waals surface area contributed by atoms with Crippen molar-refractivity contribution in [1.82, 2.24) is 4.40 Å². The molecule has 2 aromatic heterocycles. The van der Waals surface area contributed by atoms with E-state index >= 15 is 0 Å². The lowest BCUT2D eigenvalue weighted by atomic mass is 9.89. The Labute approximate surface area is 228 Å². The minimum atomic E-state index is -0.0298. The van der Waals surface area contributed by atoms with E-state index in [-0.39, 0.29) is 5.56 Å². The summed E-state index contributed by atoms with van der Waals surface area (Å²) in [6, 6.07) is 45.4. The van der Waals surface area contributed by atoms with Gasteiger partial charge in [-0.1, -0.05) is 137 Å². The summed E-state index contributed by atoms with van der Waals surface area (Å²) in [5.41, 5.74) is 7.01. The van der Waals surface area contributed by atoms with Crippen LogP contribution < -0.4 is 5.56 Å².